The van der Waals surface area contributed by atoms with Crippen LogP contribution in [-0.2, 0) is 6.42 Å². The van der Waals surface area contributed by atoms with Crippen LogP contribution in [0, 0.1) is 5.92 Å². The Bertz CT molecular complexity index is 472. The first-order valence-electron chi connectivity index (χ1n) is 5.89. The van der Waals surface area contributed by atoms with Gasteiger partial charge in [0.05, 0.1) is 11.6 Å². The lowest BCUT2D eigenvalue weighted by Crippen LogP contribution is -2.23. The lowest BCUT2D eigenvalue weighted by molar-refractivity contribution is 0.252. The van der Waals surface area contributed by atoms with Crippen molar-refractivity contribution in [1.82, 2.24) is 0 Å². The molecule has 0 aliphatic carbocycles. The molecular formula is C14H16ClNOS. The van der Waals surface area contributed by atoms with Crippen molar-refractivity contribution in [1.29, 1.82) is 0 Å². The first-order chi connectivity index (χ1) is 8.79. The third-order valence-corrected chi connectivity index (χ3v) is 3.93. The van der Waals surface area contributed by atoms with Gasteiger partial charge in [-0.2, -0.15) is 0 Å². The highest BCUT2D eigenvalue weighted by atomic mass is 35.5. The molecular weight excluding hydrogens is 266 g/mol. The van der Waals surface area contributed by atoms with Crippen LogP contribution in [0.3, 0.4) is 0 Å². The molecule has 1 unspecified atom stereocenters. The highest BCUT2D eigenvalue weighted by Crippen LogP contribution is 2.24. The lowest BCUT2D eigenvalue weighted by Gasteiger charge is -2.15. The van der Waals surface area contributed by atoms with Crippen LogP contribution >= 0.6 is 22.9 Å². The van der Waals surface area contributed by atoms with Crippen LogP contribution < -0.4 is 10.5 Å². The van der Waals surface area contributed by atoms with Gasteiger partial charge in [0.15, 0.2) is 0 Å². The number of benzene rings is 1. The normalized spacial score (nSPS) is 12.3. The Morgan fingerprint density at radius 2 is 2.06 bits per heavy atom. The number of rotatable bonds is 6. The Morgan fingerprint density at radius 3 is 2.72 bits per heavy atom. The molecule has 4 heteroatoms. The van der Waals surface area contributed by atoms with Crippen LogP contribution in [0.15, 0.2) is 41.8 Å². The van der Waals surface area contributed by atoms with E-state index < -0.39 is 0 Å². The molecule has 0 fully saturated rings. The van der Waals surface area contributed by atoms with E-state index in [1.807, 2.05) is 24.3 Å². The van der Waals surface area contributed by atoms with E-state index >= 15 is 0 Å². The maximum Gasteiger partial charge on any atom is 0.137 e. The summed E-state index contributed by atoms with van der Waals surface area (Å²) in [6, 6.07) is 11.7. The van der Waals surface area contributed by atoms with Gasteiger partial charge in [-0.3, -0.25) is 0 Å². The van der Waals surface area contributed by atoms with E-state index in [-0.39, 0.29) is 0 Å². The fourth-order valence-corrected chi connectivity index (χ4v) is 2.70. The van der Waals surface area contributed by atoms with Gasteiger partial charge in [0.25, 0.3) is 0 Å². The number of nitrogens with two attached hydrogens (primary N) is 1. The summed E-state index contributed by atoms with van der Waals surface area (Å²) in [6.45, 7) is 1.21. The van der Waals surface area contributed by atoms with Crippen LogP contribution in [0.1, 0.15) is 4.88 Å². The molecule has 0 amide bonds. The molecule has 0 bridgehead atoms. The third kappa shape index (κ3) is 3.73. The molecule has 1 aromatic heterocycles. The molecule has 0 saturated heterocycles. The molecule has 2 aromatic rings. The second-order valence-corrected chi connectivity index (χ2v) is 5.57. The Labute approximate surface area is 116 Å². The van der Waals surface area contributed by atoms with Crippen molar-refractivity contribution in [3.63, 3.8) is 0 Å². The highest BCUT2D eigenvalue weighted by Gasteiger charge is 2.10. The van der Waals surface area contributed by atoms with Gasteiger partial charge in [-0.1, -0.05) is 29.8 Å². The number of hydrogen-bond acceptors (Lipinski definition) is 3. The van der Waals surface area contributed by atoms with Gasteiger partial charge in [0, 0.05) is 10.8 Å². The van der Waals surface area contributed by atoms with Crippen molar-refractivity contribution in [2.75, 3.05) is 13.2 Å². The Morgan fingerprint density at radius 1 is 1.22 bits per heavy atom. The average Bonchev–Trinajstić information content (AvgIpc) is 2.89. The third-order valence-electron chi connectivity index (χ3n) is 2.71. The molecule has 0 aliphatic rings. The molecule has 1 atom stereocenters. The van der Waals surface area contributed by atoms with E-state index in [1.165, 1.54) is 4.88 Å². The number of halogens is 1. The first-order valence-corrected chi connectivity index (χ1v) is 7.15. The summed E-state index contributed by atoms with van der Waals surface area (Å²) in [5.74, 6) is 1.05. The summed E-state index contributed by atoms with van der Waals surface area (Å²) in [5.41, 5.74) is 5.78. The number of para-hydroxylation sites is 1. The van der Waals surface area contributed by atoms with Crippen LogP contribution in [0.5, 0.6) is 5.75 Å². The zero-order valence-corrected chi connectivity index (χ0v) is 11.6. The predicted octanol–water partition coefficient (Wildman–Crippen LogP) is 3.60. The van der Waals surface area contributed by atoms with Crippen molar-refractivity contribution in [2.24, 2.45) is 11.7 Å². The monoisotopic (exact) mass is 281 g/mol. The van der Waals surface area contributed by atoms with Gasteiger partial charge in [0.2, 0.25) is 0 Å². The minimum absolute atomic E-state index is 0.319. The van der Waals surface area contributed by atoms with Gasteiger partial charge in [-0.15, -0.1) is 11.3 Å². The number of hydrogen-bond donors (Lipinski definition) is 1. The van der Waals surface area contributed by atoms with E-state index in [1.54, 1.807) is 11.3 Å². The maximum absolute atomic E-state index is 6.04. The van der Waals surface area contributed by atoms with Crippen molar-refractivity contribution in [3.8, 4) is 5.75 Å². The lowest BCUT2D eigenvalue weighted by atomic mass is 10.1. The quantitative estimate of drug-likeness (QED) is 0.878. The zero-order valence-electron chi connectivity index (χ0n) is 10.0. The second kappa shape index (κ2) is 6.78. The SMILES string of the molecule is NCC(COc1ccccc1Cl)Cc1cccs1. The van der Waals surface area contributed by atoms with E-state index in [2.05, 4.69) is 17.5 Å². The second-order valence-electron chi connectivity index (χ2n) is 4.13. The molecule has 0 spiro atoms. The fourth-order valence-electron chi connectivity index (χ4n) is 1.69. The van der Waals surface area contributed by atoms with Crippen LogP contribution in [-0.4, -0.2) is 13.2 Å². The van der Waals surface area contributed by atoms with Crippen molar-refractivity contribution in [2.45, 2.75) is 6.42 Å². The standard InChI is InChI=1S/C14H16ClNOS/c15-13-5-1-2-6-14(13)17-10-11(9-16)8-12-4-3-7-18-12/h1-7,11H,8-10,16H2. The van der Waals surface area contributed by atoms with Gasteiger partial charge in [0.1, 0.15) is 5.75 Å². The topological polar surface area (TPSA) is 35.2 Å². The van der Waals surface area contributed by atoms with E-state index in [0.29, 0.717) is 24.1 Å². The molecule has 0 aliphatic heterocycles. The summed E-state index contributed by atoms with van der Waals surface area (Å²) in [7, 11) is 0. The molecule has 0 radical (unpaired) electrons. The Kier molecular flexibility index (Phi) is 5.05. The van der Waals surface area contributed by atoms with Crippen molar-refractivity contribution in [3.05, 3.63) is 51.7 Å². The van der Waals surface area contributed by atoms with Gasteiger partial charge in [-0.25, -0.2) is 0 Å². The Balaban J connectivity index is 1.89. The molecule has 2 nitrogen and oxygen atoms in total. The fraction of sp³-hybridized carbons (Fsp3) is 0.286. The Hall–Kier alpha value is -1.03. The van der Waals surface area contributed by atoms with Gasteiger partial charge < -0.3 is 10.5 Å². The molecule has 1 aromatic carbocycles. The van der Waals surface area contributed by atoms with Gasteiger partial charge >= 0.3 is 0 Å². The van der Waals surface area contributed by atoms with Crippen LogP contribution in [0.4, 0.5) is 0 Å². The molecule has 0 saturated carbocycles. The van der Waals surface area contributed by atoms with Crippen molar-refractivity contribution >= 4 is 22.9 Å². The maximum atomic E-state index is 6.04. The van der Waals surface area contributed by atoms with E-state index in [4.69, 9.17) is 22.1 Å². The van der Waals surface area contributed by atoms with Crippen LogP contribution in [0.25, 0.3) is 0 Å². The highest BCUT2D eigenvalue weighted by molar-refractivity contribution is 7.09. The molecule has 2 N–H and O–H groups in total. The van der Waals surface area contributed by atoms with Crippen molar-refractivity contribution < 1.29 is 4.74 Å². The smallest absolute Gasteiger partial charge is 0.137 e. The number of ether oxygens (including phenoxy) is 1. The summed E-state index contributed by atoms with van der Waals surface area (Å²) < 4.78 is 5.73. The molecule has 96 valence electrons. The predicted molar refractivity (Wildman–Crippen MR) is 77.5 cm³/mol. The zero-order chi connectivity index (χ0) is 12.8. The molecule has 1 heterocycles. The van der Waals surface area contributed by atoms with Crippen LogP contribution in [0.2, 0.25) is 5.02 Å². The minimum atomic E-state index is 0.319. The summed E-state index contributed by atoms with van der Waals surface area (Å²) >= 11 is 7.79. The summed E-state index contributed by atoms with van der Waals surface area (Å²) in [5, 5.41) is 2.72. The van der Waals surface area contributed by atoms with Gasteiger partial charge in [-0.05, 0) is 36.5 Å². The largest absolute Gasteiger partial charge is 0.492 e. The first kappa shape index (κ1) is 13.4. The summed E-state index contributed by atoms with van der Waals surface area (Å²) in [4.78, 5) is 1.34. The minimum Gasteiger partial charge on any atom is -0.492 e. The van der Waals surface area contributed by atoms with E-state index in [0.717, 1.165) is 12.2 Å². The molecule has 18 heavy (non-hydrogen) atoms. The summed E-state index contributed by atoms with van der Waals surface area (Å²) in [6.07, 6.45) is 0.957. The van der Waals surface area contributed by atoms with E-state index in [9.17, 15) is 0 Å². The molecule has 2 rings (SSSR count). The number of thiophene rings is 1. The average molecular weight is 282 g/mol.